The van der Waals surface area contributed by atoms with Gasteiger partial charge in [-0.05, 0) is 62.8 Å². The van der Waals surface area contributed by atoms with E-state index >= 15 is 0 Å². The Hall–Kier alpha value is -2.31. The van der Waals surface area contributed by atoms with Crippen LogP contribution in [0.15, 0.2) is 59.3 Å². The summed E-state index contributed by atoms with van der Waals surface area (Å²) in [4.78, 5) is 14.3. The molecule has 0 aromatic rings. The molecule has 4 saturated heterocycles. The lowest BCUT2D eigenvalue weighted by Gasteiger charge is -2.48. The van der Waals surface area contributed by atoms with Crippen molar-refractivity contribution in [1.82, 2.24) is 0 Å². The summed E-state index contributed by atoms with van der Waals surface area (Å²) in [7, 11) is 3.22. The molecule has 1 aliphatic carbocycles. The molecule has 14 nitrogen and oxygen atoms in total. The summed E-state index contributed by atoms with van der Waals surface area (Å²) in [5.74, 6) is -2.56. The average molecular weight is 873 g/mol. The van der Waals surface area contributed by atoms with Gasteiger partial charge in [0, 0.05) is 51.7 Å². The number of methoxy groups -OCH3 is 2. The standard InChI is InChI=1S/C48H72O14/c1-11-25(2)43-28(5)17-18-47(62-43)23-34-20-33(61-47)16-15-27(4)42(26(3)13-12-14-32-24-55-45-40(49)29(6)19-35(46(51)58-34)48(32,45)52)59-39-22-37(54-10)44(31(8)57-39)60-38-21-36(53-9)41(50)30(7)56-38/h12-15,17-19,25-26,28,30-31,33-45,49-50,52H,11,16,20-24H2,1-10H3/t25-,26?,28?,30-,31-,33-,34+,35-,36-,37-,38?,39?,40?,41+,42-,43-,44+,45+,47?,48-/m0/s1. The first kappa shape index (κ1) is 47.6. The van der Waals surface area contributed by atoms with Crippen LogP contribution in [0.5, 0.6) is 0 Å². The molecule has 3 N–H and O–H groups in total. The molecule has 0 saturated carbocycles. The Morgan fingerprint density at radius 3 is 2.32 bits per heavy atom. The first-order valence-corrected chi connectivity index (χ1v) is 22.9. The molecule has 0 amide bonds. The van der Waals surface area contributed by atoms with Gasteiger partial charge >= 0.3 is 5.97 Å². The molecule has 7 aliphatic rings. The van der Waals surface area contributed by atoms with Crippen molar-refractivity contribution < 1.29 is 67.5 Å². The van der Waals surface area contributed by atoms with Crippen LogP contribution in [0.4, 0.5) is 0 Å². The van der Waals surface area contributed by atoms with Crippen molar-refractivity contribution >= 4 is 5.97 Å². The van der Waals surface area contributed by atoms with Gasteiger partial charge in [-0.2, -0.15) is 0 Å². The number of ether oxygens (including phenoxy) is 10. The van der Waals surface area contributed by atoms with E-state index in [2.05, 4.69) is 39.8 Å². The smallest absolute Gasteiger partial charge is 0.316 e. The van der Waals surface area contributed by atoms with E-state index in [-0.39, 0.29) is 42.7 Å². The molecule has 2 bridgehead atoms. The normalized spacial score (nSPS) is 47.0. The van der Waals surface area contributed by atoms with Gasteiger partial charge in [-0.3, -0.25) is 4.79 Å². The first-order valence-electron chi connectivity index (χ1n) is 22.9. The van der Waals surface area contributed by atoms with Gasteiger partial charge < -0.3 is 62.7 Å². The zero-order chi connectivity index (χ0) is 44.7. The Kier molecular flexibility index (Phi) is 15.1. The van der Waals surface area contributed by atoms with Crippen molar-refractivity contribution in [3.8, 4) is 0 Å². The summed E-state index contributed by atoms with van der Waals surface area (Å²) >= 11 is 0. The minimum absolute atomic E-state index is 0.0317. The van der Waals surface area contributed by atoms with Crippen LogP contribution in [0.25, 0.3) is 0 Å². The predicted octanol–water partition coefficient (Wildman–Crippen LogP) is 5.38. The Bertz CT molecular complexity index is 1730. The monoisotopic (exact) mass is 872 g/mol. The molecule has 6 heterocycles. The third-order valence-corrected chi connectivity index (χ3v) is 14.5. The Balaban J connectivity index is 1.18. The summed E-state index contributed by atoms with van der Waals surface area (Å²) in [6, 6.07) is 0. The minimum Gasteiger partial charge on any atom is -0.462 e. The van der Waals surface area contributed by atoms with E-state index in [1.165, 1.54) is 0 Å². The van der Waals surface area contributed by atoms with Gasteiger partial charge in [0.15, 0.2) is 18.4 Å². The Morgan fingerprint density at radius 1 is 0.887 bits per heavy atom. The van der Waals surface area contributed by atoms with E-state index < -0.39 is 90.8 Å². The van der Waals surface area contributed by atoms with Crippen LogP contribution in [-0.4, -0.2) is 139 Å². The van der Waals surface area contributed by atoms with Crippen LogP contribution in [0.1, 0.15) is 93.9 Å². The van der Waals surface area contributed by atoms with Crippen LogP contribution in [0.3, 0.4) is 0 Å². The van der Waals surface area contributed by atoms with Crippen molar-refractivity contribution in [3.63, 3.8) is 0 Å². The fourth-order valence-electron chi connectivity index (χ4n) is 10.6. The van der Waals surface area contributed by atoms with Gasteiger partial charge in [0.25, 0.3) is 0 Å². The Labute approximate surface area is 367 Å². The van der Waals surface area contributed by atoms with E-state index in [9.17, 15) is 20.1 Å². The highest BCUT2D eigenvalue weighted by Crippen LogP contribution is 2.47. The molecule has 0 radical (unpaired) electrons. The van der Waals surface area contributed by atoms with Crippen molar-refractivity contribution in [2.45, 2.75) is 191 Å². The second-order valence-corrected chi connectivity index (χ2v) is 19.0. The highest BCUT2D eigenvalue weighted by atomic mass is 16.7. The van der Waals surface area contributed by atoms with E-state index in [4.69, 9.17) is 47.4 Å². The SMILES string of the molecule is CC[C@H](C)[C@@H]1OC2(C=CC1C)C[C@H]1C[C@H](CC=C(C)[C@@H](OC3C[C@H](OC)[C@H](OC4C[C@H](OC)[C@H](O)[C@H](C)O4)[C@H](C)O3)C(C)C=CC=C3CO[C@@H]4C(O)C(C)=C[C@@H](C(=O)O1)[C@@]34O)O2. The third kappa shape index (κ3) is 9.64. The predicted molar refractivity (Wildman–Crippen MR) is 227 cm³/mol. The highest BCUT2D eigenvalue weighted by Gasteiger charge is 2.60. The molecule has 0 aromatic carbocycles. The molecule has 348 valence electrons. The van der Waals surface area contributed by atoms with Gasteiger partial charge in [0.05, 0.1) is 49.3 Å². The number of carbonyl (C=O) groups is 1. The van der Waals surface area contributed by atoms with E-state index in [0.29, 0.717) is 43.3 Å². The van der Waals surface area contributed by atoms with Gasteiger partial charge in [0.2, 0.25) is 0 Å². The van der Waals surface area contributed by atoms with Crippen LogP contribution >= 0.6 is 0 Å². The molecule has 14 heteroatoms. The third-order valence-electron chi connectivity index (χ3n) is 14.5. The zero-order valence-electron chi connectivity index (χ0n) is 38.2. The van der Waals surface area contributed by atoms with Gasteiger partial charge in [-0.25, -0.2) is 0 Å². The fraction of sp³-hybridized carbons (Fsp3) is 0.771. The Morgan fingerprint density at radius 2 is 1.60 bits per heavy atom. The number of fused-ring (bicyclic) bond motifs is 2. The highest BCUT2D eigenvalue weighted by molar-refractivity contribution is 5.78. The largest absolute Gasteiger partial charge is 0.462 e. The number of rotatable bonds is 8. The molecular formula is C48H72O14. The molecule has 6 unspecified atom stereocenters. The van der Waals surface area contributed by atoms with Crippen LogP contribution in [-0.2, 0) is 52.2 Å². The number of esters is 1. The van der Waals surface area contributed by atoms with E-state index in [1.807, 2.05) is 32.1 Å². The number of carbonyl (C=O) groups excluding carboxylic acids is 1. The first-order chi connectivity index (χ1) is 29.5. The van der Waals surface area contributed by atoms with Crippen LogP contribution < -0.4 is 0 Å². The molecule has 4 fully saturated rings. The van der Waals surface area contributed by atoms with Gasteiger partial charge in [0.1, 0.15) is 42.0 Å². The number of allylic oxidation sites excluding steroid dienone is 2. The second kappa shape index (κ2) is 19.7. The van der Waals surface area contributed by atoms with Crippen molar-refractivity contribution in [2.75, 3.05) is 20.8 Å². The fourth-order valence-corrected chi connectivity index (χ4v) is 10.6. The molecule has 1 spiro atoms. The molecule has 6 aliphatic heterocycles. The van der Waals surface area contributed by atoms with E-state index in [0.717, 1.165) is 12.0 Å². The lowest BCUT2D eigenvalue weighted by molar-refractivity contribution is -0.318. The van der Waals surface area contributed by atoms with Crippen LogP contribution in [0.2, 0.25) is 0 Å². The zero-order valence-corrected chi connectivity index (χ0v) is 38.2. The topological polar surface area (TPSA) is 170 Å². The van der Waals surface area contributed by atoms with Crippen LogP contribution in [0, 0.1) is 23.7 Å². The summed E-state index contributed by atoms with van der Waals surface area (Å²) in [6.07, 6.45) is 8.55. The van der Waals surface area contributed by atoms with E-state index in [1.54, 1.807) is 40.2 Å². The summed E-state index contributed by atoms with van der Waals surface area (Å²) < 4.78 is 63.7. The number of hydrogen-bond acceptors (Lipinski definition) is 14. The van der Waals surface area contributed by atoms with Crippen molar-refractivity contribution in [3.05, 3.63) is 59.3 Å². The minimum atomic E-state index is -1.84. The number of aliphatic hydroxyl groups is 3. The summed E-state index contributed by atoms with van der Waals surface area (Å²) in [5.41, 5.74) is 0.134. The number of aliphatic hydroxyl groups excluding tert-OH is 2. The number of hydrogen-bond donors (Lipinski definition) is 3. The van der Waals surface area contributed by atoms with Crippen molar-refractivity contribution in [1.29, 1.82) is 0 Å². The summed E-state index contributed by atoms with van der Waals surface area (Å²) in [5, 5.41) is 34.2. The molecular weight excluding hydrogens is 801 g/mol. The van der Waals surface area contributed by atoms with Gasteiger partial charge in [-0.1, -0.05) is 70.6 Å². The average Bonchev–Trinajstić information content (AvgIpc) is 3.58. The lowest BCUT2D eigenvalue weighted by atomic mass is 9.71. The maximum atomic E-state index is 14.3. The molecule has 7 rings (SSSR count). The maximum Gasteiger partial charge on any atom is 0.316 e. The molecule has 0 aromatic heterocycles. The van der Waals surface area contributed by atoms with Crippen molar-refractivity contribution in [2.24, 2.45) is 23.7 Å². The quantitative estimate of drug-likeness (QED) is 0.210. The summed E-state index contributed by atoms with van der Waals surface area (Å²) in [6.45, 7) is 16.1. The van der Waals surface area contributed by atoms with Gasteiger partial charge in [-0.15, -0.1) is 0 Å². The lowest BCUT2D eigenvalue weighted by Crippen LogP contribution is -2.58. The molecule has 20 atom stereocenters. The molecule has 62 heavy (non-hydrogen) atoms. The second-order valence-electron chi connectivity index (χ2n) is 19.0. The maximum absolute atomic E-state index is 14.3.